The number of fused-ring (bicyclic) bond motifs is 4. The van der Waals surface area contributed by atoms with Gasteiger partial charge < -0.3 is 5.32 Å². The number of alkyl halides is 1. The van der Waals surface area contributed by atoms with Crippen molar-refractivity contribution in [1.29, 1.82) is 0 Å². The van der Waals surface area contributed by atoms with Gasteiger partial charge in [0.2, 0.25) is 5.91 Å². The molecule has 134 valence electrons. The molecule has 4 rings (SSSR count). The molecule has 2 aliphatic carbocycles. The van der Waals surface area contributed by atoms with E-state index in [4.69, 9.17) is 18.2 Å². The quantitative estimate of drug-likeness (QED) is 0.408. The van der Waals surface area contributed by atoms with Crippen LogP contribution in [0.3, 0.4) is 0 Å². The first-order chi connectivity index (χ1) is 12.1. The van der Waals surface area contributed by atoms with Crippen LogP contribution in [-0.4, -0.2) is 11.3 Å². The molecule has 1 saturated carbocycles. The van der Waals surface area contributed by atoms with Crippen molar-refractivity contribution < 1.29 is 4.79 Å². The predicted octanol–water partition coefficient (Wildman–Crippen LogP) is 5.30. The number of hydrogen-bond donors (Lipinski definition) is 1. The van der Waals surface area contributed by atoms with Gasteiger partial charge in [0.25, 0.3) is 0 Å². The molecule has 1 N–H and O–H groups in total. The lowest BCUT2D eigenvalue weighted by atomic mass is 9.30. The predicted molar refractivity (Wildman–Crippen MR) is 105 cm³/mol. The molecule has 1 aromatic rings. The van der Waals surface area contributed by atoms with Crippen LogP contribution in [0.2, 0.25) is 0 Å². The van der Waals surface area contributed by atoms with Gasteiger partial charge in [0.1, 0.15) is 0 Å². The number of carbonyl (C=O) groups is 1. The first-order valence-corrected chi connectivity index (χ1v) is 9.38. The molecule has 1 spiro atoms. The lowest BCUT2D eigenvalue weighted by Crippen LogP contribution is -2.72. The van der Waals surface area contributed by atoms with Crippen molar-refractivity contribution in [1.82, 2.24) is 0 Å². The zero-order valence-corrected chi connectivity index (χ0v) is 16.4. The molecule has 1 aliphatic heterocycles. The molecule has 3 aliphatic rings. The molecule has 0 unspecified atom stereocenters. The van der Waals surface area contributed by atoms with Crippen LogP contribution in [0.25, 0.3) is 4.85 Å². The van der Waals surface area contributed by atoms with Gasteiger partial charge in [-0.25, -0.2) is 4.85 Å². The minimum absolute atomic E-state index is 0.0308. The molecule has 0 saturated heterocycles. The average Bonchev–Trinajstić information content (AvgIpc) is 2.91. The fourth-order valence-corrected chi connectivity index (χ4v) is 6.20. The van der Waals surface area contributed by atoms with E-state index in [1.807, 2.05) is 31.2 Å². The molecule has 0 bridgehead atoms. The Labute approximate surface area is 159 Å². The molecule has 0 radical (unpaired) electrons. The van der Waals surface area contributed by atoms with Crippen molar-refractivity contribution in [3.63, 3.8) is 0 Å². The van der Waals surface area contributed by atoms with Crippen LogP contribution in [-0.2, 0) is 10.2 Å². The Kier molecular flexibility index (Phi) is 3.21. The summed E-state index contributed by atoms with van der Waals surface area (Å²) in [6.45, 7) is 20.3. The molecule has 4 heteroatoms. The SMILES string of the molecule is [C-]#[N+]C1=C2[C@@]3(C(=O)Nc4ccccc43)C(C)(C)[C@@]2(C)C[C@@H](Cl)[C@@]1(C)C=C. The van der Waals surface area contributed by atoms with Crippen molar-refractivity contribution in [2.75, 3.05) is 5.32 Å². The van der Waals surface area contributed by atoms with E-state index < -0.39 is 10.8 Å². The number of rotatable bonds is 1. The van der Waals surface area contributed by atoms with Crippen molar-refractivity contribution in [3.05, 3.63) is 65.2 Å². The maximum atomic E-state index is 13.4. The van der Waals surface area contributed by atoms with Gasteiger partial charge in [-0.15, -0.1) is 18.2 Å². The molecule has 1 heterocycles. The Bertz CT molecular complexity index is 940. The molecule has 26 heavy (non-hydrogen) atoms. The highest BCUT2D eigenvalue weighted by molar-refractivity contribution is 6.22. The highest BCUT2D eigenvalue weighted by atomic mass is 35.5. The van der Waals surface area contributed by atoms with Crippen LogP contribution in [0.15, 0.2) is 48.2 Å². The summed E-state index contributed by atoms with van der Waals surface area (Å²) in [5.41, 5.74) is 1.22. The van der Waals surface area contributed by atoms with Crippen LogP contribution in [0.1, 0.15) is 39.7 Å². The first kappa shape index (κ1) is 17.4. The van der Waals surface area contributed by atoms with Gasteiger partial charge in [-0.05, 0) is 34.5 Å². The maximum Gasteiger partial charge on any atom is 0.238 e. The highest BCUT2D eigenvalue weighted by Gasteiger charge is 2.78. The Morgan fingerprint density at radius 2 is 1.96 bits per heavy atom. The molecular formula is C22H23ClN2O. The van der Waals surface area contributed by atoms with Crippen LogP contribution < -0.4 is 5.32 Å². The summed E-state index contributed by atoms with van der Waals surface area (Å²) >= 11 is 6.79. The number of carbonyl (C=O) groups excluding carboxylic acids is 1. The minimum atomic E-state index is -0.820. The second-order valence-electron chi connectivity index (χ2n) is 8.70. The summed E-state index contributed by atoms with van der Waals surface area (Å²) in [5.74, 6) is -0.0308. The van der Waals surface area contributed by atoms with Crippen molar-refractivity contribution in [2.24, 2.45) is 16.2 Å². The van der Waals surface area contributed by atoms with E-state index in [-0.39, 0.29) is 22.1 Å². The highest BCUT2D eigenvalue weighted by Crippen LogP contribution is 2.79. The second kappa shape index (κ2) is 4.81. The second-order valence-corrected chi connectivity index (χ2v) is 9.23. The number of para-hydroxylation sites is 1. The van der Waals surface area contributed by atoms with Gasteiger partial charge in [0.15, 0.2) is 5.70 Å². The minimum Gasteiger partial charge on any atom is -0.325 e. The Morgan fingerprint density at radius 3 is 2.58 bits per heavy atom. The molecule has 3 nitrogen and oxygen atoms in total. The largest absolute Gasteiger partial charge is 0.325 e. The summed E-state index contributed by atoms with van der Waals surface area (Å²) < 4.78 is 0. The smallest absolute Gasteiger partial charge is 0.238 e. The number of benzene rings is 1. The Balaban J connectivity index is 2.14. The molecule has 1 amide bonds. The van der Waals surface area contributed by atoms with E-state index in [1.54, 1.807) is 6.08 Å². The Hall–Kier alpha value is -2.05. The van der Waals surface area contributed by atoms with E-state index >= 15 is 0 Å². The molecule has 0 aromatic heterocycles. The summed E-state index contributed by atoms with van der Waals surface area (Å²) in [6, 6.07) is 7.84. The molecule has 1 aromatic carbocycles. The van der Waals surface area contributed by atoms with E-state index in [0.717, 1.165) is 23.2 Å². The summed E-state index contributed by atoms with van der Waals surface area (Å²) in [7, 11) is 0. The van der Waals surface area contributed by atoms with Crippen molar-refractivity contribution in [2.45, 2.75) is 44.9 Å². The molecule has 4 atom stereocenters. The van der Waals surface area contributed by atoms with E-state index in [9.17, 15) is 4.79 Å². The van der Waals surface area contributed by atoms with Gasteiger partial charge >= 0.3 is 0 Å². The van der Waals surface area contributed by atoms with E-state index in [0.29, 0.717) is 5.70 Å². The van der Waals surface area contributed by atoms with Gasteiger partial charge in [0, 0.05) is 16.5 Å². The zero-order valence-electron chi connectivity index (χ0n) is 15.6. The number of anilines is 1. The number of nitrogens with zero attached hydrogens (tertiary/aromatic N) is 1. The number of nitrogens with one attached hydrogen (secondary N) is 1. The lowest BCUT2D eigenvalue weighted by Gasteiger charge is -2.71. The van der Waals surface area contributed by atoms with Crippen LogP contribution >= 0.6 is 11.6 Å². The fraction of sp³-hybridized carbons (Fsp3) is 0.455. The van der Waals surface area contributed by atoms with Crippen LogP contribution in [0.4, 0.5) is 5.69 Å². The van der Waals surface area contributed by atoms with Crippen LogP contribution in [0.5, 0.6) is 0 Å². The third-order valence-electron chi connectivity index (χ3n) is 7.68. The van der Waals surface area contributed by atoms with E-state index in [1.165, 1.54) is 0 Å². The average molecular weight is 367 g/mol. The maximum absolute atomic E-state index is 13.4. The Morgan fingerprint density at radius 1 is 1.31 bits per heavy atom. The molecular weight excluding hydrogens is 344 g/mol. The third-order valence-corrected chi connectivity index (χ3v) is 8.29. The normalized spacial score (nSPS) is 39.5. The summed E-state index contributed by atoms with van der Waals surface area (Å²) in [4.78, 5) is 17.3. The topological polar surface area (TPSA) is 33.5 Å². The third kappa shape index (κ3) is 1.47. The number of hydrogen-bond acceptors (Lipinski definition) is 1. The van der Waals surface area contributed by atoms with E-state index in [2.05, 4.69) is 37.5 Å². The molecule has 1 fully saturated rings. The number of halogens is 1. The fourth-order valence-electron chi connectivity index (χ4n) is 5.70. The van der Waals surface area contributed by atoms with Gasteiger partial charge in [-0.2, -0.15) is 0 Å². The van der Waals surface area contributed by atoms with Gasteiger partial charge in [-0.3, -0.25) is 4.79 Å². The number of allylic oxidation sites excluding steroid dienone is 1. The standard InChI is InChI=1S/C22H23ClN2O/c1-7-20(4)15(23)12-21(5)16(17(20)24-6)22(19(21,2)3)13-10-8-9-11-14(13)25-18(22)26/h7-11,15H,1,12H2,2-5H3,(H,25,26)/t15-,20-,21+,22+/m1/s1. The number of amides is 1. The summed E-state index contributed by atoms with van der Waals surface area (Å²) in [5, 5.41) is 2.83. The lowest BCUT2D eigenvalue weighted by molar-refractivity contribution is -0.141. The van der Waals surface area contributed by atoms with Crippen LogP contribution in [0, 0.1) is 22.8 Å². The van der Waals surface area contributed by atoms with Crippen molar-refractivity contribution in [3.8, 4) is 0 Å². The zero-order chi connectivity index (χ0) is 19.1. The summed E-state index contributed by atoms with van der Waals surface area (Å²) in [6.07, 6.45) is 2.50. The van der Waals surface area contributed by atoms with Gasteiger partial charge in [-0.1, -0.05) is 52.0 Å². The van der Waals surface area contributed by atoms with Gasteiger partial charge in [0.05, 0.1) is 12.0 Å². The van der Waals surface area contributed by atoms with Crippen molar-refractivity contribution >= 4 is 23.2 Å². The first-order valence-electron chi connectivity index (χ1n) is 8.94. The monoisotopic (exact) mass is 366 g/mol.